The normalized spacial score (nSPS) is 19.6. The molecule has 3 unspecified atom stereocenters. The minimum absolute atomic E-state index is 0.167. The van der Waals surface area contributed by atoms with E-state index in [0.29, 0.717) is 36.8 Å². The van der Waals surface area contributed by atoms with Gasteiger partial charge in [-0.05, 0) is 55.1 Å². The van der Waals surface area contributed by atoms with Gasteiger partial charge in [0, 0.05) is 26.3 Å². The summed E-state index contributed by atoms with van der Waals surface area (Å²) in [5.41, 5.74) is 1.38. The number of carbonyl (C=O) groups is 1. The lowest BCUT2D eigenvalue weighted by Crippen LogP contribution is -2.44. The Morgan fingerprint density at radius 3 is 2.72 bits per heavy atom. The van der Waals surface area contributed by atoms with Crippen LogP contribution in [-0.4, -0.2) is 47.8 Å². The number of fused-ring (bicyclic) bond motifs is 1. The summed E-state index contributed by atoms with van der Waals surface area (Å²) < 4.78 is 1.26. The number of hydrogen-bond donors (Lipinski definition) is 3. The van der Waals surface area contributed by atoms with Crippen molar-refractivity contribution in [1.29, 1.82) is 0 Å². The lowest BCUT2D eigenvalue weighted by molar-refractivity contribution is -0.144. The van der Waals surface area contributed by atoms with Crippen molar-refractivity contribution >= 4 is 22.6 Å². The van der Waals surface area contributed by atoms with E-state index in [0.717, 1.165) is 11.3 Å². The molecule has 32 heavy (non-hydrogen) atoms. The van der Waals surface area contributed by atoms with Crippen LogP contribution in [0.4, 0.5) is 5.69 Å². The molecular formula is C24H28N4O4. The molecule has 8 heteroatoms. The average molecular weight is 437 g/mol. The number of para-hydroxylation sites is 1. The summed E-state index contributed by atoms with van der Waals surface area (Å²) in [7, 11) is 3.85. The van der Waals surface area contributed by atoms with Crippen LogP contribution in [0.5, 0.6) is 0 Å². The summed E-state index contributed by atoms with van der Waals surface area (Å²) in [6, 6.07) is 14.1. The highest BCUT2D eigenvalue weighted by Gasteiger charge is 2.34. The number of H-pyrrole nitrogens is 1. The van der Waals surface area contributed by atoms with E-state index in [4.69, 9.17) is 0 Å². The zero-order chi connectivity index (χ0) is 22.8. The fraction of sp³-hybridized carbons (Fsp3) is 0.375. The van der Waals surface area contributed by atoms with Crippen LogP contribution in [0.15, 0.2) is 58.1 Å². The van der Waals surface area contributed by atoms with Crippen LogP contribution >= 0.6 is 0 Å². The molecule has 1 aliphatic heterocycles. The van der Waals surface area contributed by atoms with Crippen LogP contribution in [0.2, 0.25) is 0 Å². The largest absolute Gasteiger partial charge is 0.481 e. The Morgan fingerprint density at radius 1 is 1.19 bits per heavy atom. The second-order valence-corrected chi connectivity index (χ2v) is 8.59. The van der Waals surface area contributed by atoms with E-state index in [1.807, 2.05) is 43.3 Å². The Morgan fingerprint density at radius 2 is 1.97 bits per heavy atom. The van der Waals surface area contributed by atoms with Crippen molar-refractivity contribution in [2.75, 3.05) is 32.1 Å². The SMILES string of the molecule is CN(C)c1cccc(C(CC2CCNCC2C(=O)O)n2c(=O)[nH]c3ccccc3c2=O)c1. The molecule has 0 bridgehead atoms. The second-order valence-electron chi connectivity index (χ2n) is 8.59. The molecule has 1 saturated heterocycles. The molecule has 2 aromatic carbocycles. The van der Waals surface area contributed by atoms with Crippen LogP contribution in [0.25, 0.3) is 10.9 Å². The van der Waals surface area contributed by atoms with Gasteiger partial charge in [0.15, 0.2) is 0 Å². The number of rotatable bonds is 6. The number of aromatic nitrogens is 2. The predicted molar refractivity (Wildman–Crippen MR) is 124 cm³/mol. The topological polar surface area (TPSA) is 107 Å². The van der Waals surface area contributed by atoms with Gasteiger partial charge in [0.25, 0.3) is 5.56 Å². The molecule has 1 aromatic heterocycles. The van der Waals surface area contributed by atoms with E-state index in [1.54, 1.807) is 24.3 Å². The Kier molecular flexibility index (Phi) is 6.14. The molecule has 0 aliphatic carbocycles. The first-order valence-corrected chi connectivity index (χ1v) is 10.8. The van der Waals surface area contributed by atoms with Gasteiger partial charge in [0.1, 0.15) is 0 Å². The van der Waals surface area contributed by atoms with Gasteiger partial charge >= 0.3 is 11.7 Å². The summed E-state index contributed by atoms with van der Waals surface area (Å²) in [4.78, 5) is 43.2. The first-order chi connectivity index (χ1) is 15.4. The molecule has 3 aromatic rings. The van der Waals surface area contributed by atoms with Gasteiger partial charge < -0.3 is 20.3 Å². The van der Waals surface area contributed by atoms with Crippen molar-refractivity contribution < 1.29 is 9.90 Å². The highest BCUT2D eigenvalue weighted by molar-refractivity contribution is 5.77. The molecule has 1 aliphatic rings. The molecule has 2 heterocycles. The number of aliphatic carboxylic acids is 1. The zero-order valence-electron chi connectivity index (χ0n) is 18.2. The van der Waals surface area contributed by atoms with Crippen LogP contribution in [0.1, 0.15) is 24.4 Å². The molecule has 1 fully saturated rings. The van der Waals surface area contributed by atoms with Crippen LogP contribution in [-0.2, 0) is 4.79 Å². The van der Waals surface area contributed by atoms with Gasteiger partial charge in [0.2, 0.25) is 0 Å². The molecule has 4 rings (SSSR count). The Balaban J connectivity index is 1.88. The van der Waals surface area contributed by atoms with E-state index in [-0.39, 0.29) is 11.5 Å². The van der Waals surface area contributed by atoms with Gasteiger partial charge in [0.05, 0.1) is 22.9 Å². The third-order valence-corrected chi connectivity index (χ3v) is 6.39. The molecule has 8 nitrogen and oxygen atoms in total. The van der Waals surface area contributed by atoms with Crippen molar-refractivity contribution in [2.24, 2.45) is 11.8 Å². The number of carboxylic acid groups (broad SMARTS) is 1. The minimum Gasteiger partial charge on any atom is -0.481 e. The second kappa shape index (κ2) is 9.00. The van der Waals surface area contributed by atoms with Crippen LogP contribution in [0.3, 0.4) is 0 Å². The fourth-order valence-electron chi connectivity index (χ4n) is 4.63. The fourth-order valence-corrected chi connectivity index (χ4v) is 4.63. The van der Waals surface area contributed by atoms with E-state index in [1.165, 1.54) is 4.57 Å². The maximum absolute atomic E-state index is 13.4. The summed E-state index contributed by atoms with van der Waals surface area (Å²) in [5.74, 6) is -1.60. The van der Waals surface area contributed by atoms with Gasteiger partial charge in [-0.15, -0.1) is 0 Å². The molecule has 3 N–H and O–H groups in total. The van der Waals surface area contributed by atoms with Gasteiger partial charge in [-0.2, -0.15) is 0 Å². The summed E-state index contributed by atoms with van der Waals surface area (Å²) in [5, 5.41) is 13.3. The van der Waals surface area contributed by atoms with Crippen LogP contribution in [0, 0.1) is 11.8 Å². The quantitative estimate of drug-likeness (QED) is 0.546. The first kappa shape index (κ1) is 21.8. The number of nitrogens with zero attached hydrogens (tertiary/aromatic N) is 2. The Bertz CT molecular complexity index is 1250. The minimum atomic E-state index is -0.859. The standard InChI is InChI=1S/C24H28N4O4/c1-27(2)17-7-5-6-16(12-17)21(13-15-10-11-25-14-19(15)23(30)31)28-22(29)18-8-3-4-9-20(18)26-24(28)32/h3-9,12,15,19,21,25H,10-11,13-14H2,1-2H3,(H,26,32)(H,30,31). The summed E-state index contributed by atoms with van der Waals surface area (Å²) in [6.07, 6.45) is 1.05. The first-order valence-electron chi connectivity index (χ1n) is 10.8. The van der Waals surface area contributed by atoms with Crippen molar-refractivity contribution in [3.8, 4) is 0 Å². The lowest BCUT2D eigenvalue weighted by atomic mass is 9.80. The van der Waals surface area contributed by atoms with Gasteiger partial charge in [-0.3, -0.25) is 14.2 Å². The number of piperidine rings is 1. The lowest BCUT2D eigenvalue weighted by Gasteiger charge is -2.33. The van der Waals surface area contributed by atoms with E-state index in [2.05, 4.69) is 10.3 Å². The molecule has 0 spiro atoms. The third-order valence-electron chi connectivity index (χ3n) is 6.39. The highest BCUT2D eigenvalue weighted by atomic mass is 16.4. The number of aromatic amines is 1. The molecule has 3 atom stereocenters. The average Bonchev–Trinajstić information content (AvgIpc) is 2.78. The summed E-state index contributed by atoms with van der Waals surface area (Å²) in [6.45, 7) is 1.09. The smallest absolute Gasteiger partial charge is 0.329 e. The van der Waals surface area contributed by atoms with Crippen LogP contribution < -0.4 is 21.5 Å². The van der Waals surface area contributed by atoms with E-state index >= 15 is 0 Å². The number of hydrogen-bond acceptors (Lipinski definition) is 5. The van der Waals surface area contributed by atoms with Crippen molar-refractivity contribution in [3.05, 3.63) is 74.9 Å². The Labute approximate surface area is 185 Å². The number of nitrogens with one attached hydrogen (secondary N) is 2. The van der Waals surface area contributed by atoms with Crippen molar-refractivity contribution in [1.82, 2.24) is 14.9 Å². The number of carboxylic acids is 1. The predicted octanol–water partition coefficient (Wildman–Crippen LogP) is 2.05. The molecule has 0 radical (unpaired) electrons. The van der Waals surface area contributed by atoms with Gasteiger partial charge in [-0.1, -0.05) is 24.3 Å². The maximum atomic E-state index is 13.4. The molecular weight excluding hydrogens is 408 g/mol. The van der Waals surface area contributed by atoms with E-state index < -0.39 is 23.6 Å². The monoisotopic (exact) mass is 436 g/mol. The molecule has 168 valence electrons. The van der Waals surface area contributed by atoms with E-state index in [9.17, 15) is 19.5 Å². The number of benzene rings is 2. The zero-order valence-corrected chi connectivity index (χ0v) is 18.2. The third kappa shape index (κ3) is 4.18. The van der Waals surface area contributed by atoms with Crippen molar-refractivity contribution in [2.45, 2.75) is 18.9 Å². The molecule has 0 amide bonds. The number of anilines is 1. The summed E-state index contributed by atoms with van der Waals surface area (Å²) >= 11 is 0. The van der Waals surface area contributed by atoms with Crippen molar-refractivity contribution in [3.63, 3.8) is 0 Å². The molecule has 0 saturated carbocycles. The van der Waals surface area contributed by atoms with Gasteiger partial charge in [-0.25, -0.2) is 4.79 Å². The highest BCUT2D eigenvalue weighted by Crippen LogP contribution is 2.33. The maximum Gasteiger partial charge on any atom is 0.329 e. The Hall–Kier alpha value is -3.39.